The van der Waals surface area contributed by atoms with E-state index < -0.39 is 0 Å². The van der Waals surface area contributed by atoms with Crippen LogP contribution in [-0.4, -0.2) is 60.6 Å². The van der Waals surface area contributed by atoms with E-state index >= 15 is 0 Å². The molecule has 1 saturated heterocycles. The van der Waals surface area contributed by atoms with Crippen molar-refractivity contribution in [3.05, 3.63) is 41.2 Å². The second-order valence-corrected chi connectivity index (χ2v) is 7.11. The van der Waals surface area contributed by atoms with Crippen LogP contribution in [0, 0.1) is 13.8 Å². The first-order chi connectivity index (χ1) is 13.5. The average Bonchev–Trinajstić information content (AvgIpc) is 3.02. The van der Waals surface area contributed by atoms with Crippen molar-refractivity contribution < 1.29 is 4.42 Å². The first-order valence-electron chi connectivity index (χ1n) is 9.88. The SMILES string of the molecule is CCNC(=NCc1ccnc(N2CCN(C)CC2)c1)NCc1nc(C)c(C)o1.I. The van der Waals surface area contributed by atoms with Crippen LogP contribution in [0.15, 0.2) is 27.7 Å². The van der Waals surface area contributed by atoms with E-state index in [0.717, 1.165) is 61.5 Å². The second-order valence-electron chi connectivity index (χ2n) is 7.11. The summed E-state index contributed by atoms with van der Waals surface area (Å²) < 4.78 is 5.62. The van der Waals surface area contributed by atoms with E-state index in [-0.39, 0.29) is 24.0 Å². The molecule has 0 bridgehead atoms. The molecule has 3 rings (SSSR count). The van der Waals surface area contributed by atoms with Gasteiger partial charge in [0.1, 0.15) is 11.6 Å². The van der Waals surface area contributed by atoms with Crippen molar-refractivity contribution in [2.75, 3.05) is 44.7 Å². The summed E-state index contributed by atoms with van der Waals surface area (Å²) in [6.07, 6.45) is 1.87. The van der Waals surface area contributed by atoms with Crippen LogP contribution in [0.4, 0.5) is 5.82 Å². The van der Waals surface area contributed by atoms with Crippen LogP contribution in [0.2, 0.25) is 0 Å². The third kappa shape index (κ3) is 6.84. The molecule has 0 spiro atoms. The Labute approximate surface area is 190 Å². The molecule has 0 radical (unpaired) electrons. The third-order valence-electron chi connectivity index (χ3n) is 4.88. The highest BCUT2D eigenvalue weighted by Crippen LogP contribution is 2.15. The lowest BCUT2D eigenvalue weighted by atomic mass is 10.2. The summed E-state index contributed by atoms with van der Waals surface area (Å²) in [6, 6.07) is 4.16. The van der Waals surface area contributed by atoms with E-state index in [1.165, 1.54) is 0 Å². The normalized spacial score (nSPS) is 15.2. The van der Waals surface area contributed by atoms with Gasteiger partial charge in [-0.2, -0.15) is 0 Å². The fraction of sp³-hybridized carbons (Fsp3) is 0.550. The summed E-state index contributed by atoms with van der Waals surface area (Å²) in [4.78, 5) is 18.3. The number of piperazine rings is 1. The Kier molecular flexibility index (Phi) is 9.15. The van der Waals surface area contributed by atoms with Gasteiger partial charge in [-0.25, -0.2) is 15.0 Å². The Hall–Kier alpha value is -1.88. The van der Waals surface area contributed by atoms with Gasteiger partial charge in [0.25, 0.3) is 0 Å². The van der Waals surface area contributed by atoms with E-state index in [1.807, 2.05) is 26.1 Å². The highest BCUT2D eigenvalue weighted by molar-refractivity contribution is 14.0. The van der Waals surface area contributed by atoms with Crippen LogP contribution in [-0.2, 0) is 13.1 Å². The number of pyridine rings is 1. The van der Waals surface area contributed by atoms with E-state index in [9.17, 15) is 0 Å². The van der Waals surface area contributed by atoms with Crippen LogP contribution >= 0.6 is 24.0 Å². The van der Waals surface area contributed by atoms with Crippen molar-refractivity contribution in [1.82, 2.24) is 25.5 Å². The fourth-order valence-electron chi connectivity index (χ4n) is 3.05. The van der Waals surface area contributed by atoms with Gasteiger partial charge < -0.3 is 24.9 Å². The molecule has 0 unspecified atom stereocenters. The van der Waals surface area contributed by atoms with Crippen molar-refractivity contribution in [3.8, 4) is 0 Å². The second kappa shape index (κ2) is 11.3. The smallest absolute Gasteiger partial charge is 0.214 e. The number of nitrogens with one attached hydrogen (secondary N) is 2. The van der Waals surface area contributed by atoms with Crippen molar-refractivity contribution in [2.45, 2.75) is 33.9 Å². The average molecular weight is 513 g/mol. The van der Waals surface area contributed by atoms with Gasteiger partial charge in [0.15, 0.2) is 5.96 Å². The van der Waals surface area contributed by atoms with Gasteiger partial charge in [-0.15, -0.1) is 24.0 Å². The molecule has 0 aromatic carbocycles. The molecule has 160 valence electrons. The number of aromatic nitrogens is 2. The number of guanidine groups is 1. The molecule has 9 heteroatoms. The van der Waals surface area contributed by atoms with Gasteiger partial charge in [-0.1, -0.05) is 0 Å². The van der Waals surface area contributed by atoms with E-state index in [2.05, 4.69) is 50.4 Å². The van der Waals surface area contributed by atoms with Gasteiger partial charge >= 0.3 is 0 Å². The molecule has 2 N–H and O–H groups in total. The summed E-state index contributed by atoms with van der Waals surface area (Å²) in [5.74, 6) is 3.30. The summed E-state index contributed by atoms with van der Waals surface area (Å²) in [6.45, 7) is 12.0. The molecule has 2 aromatic rings. The number of rotatable bonds is 6. The van der Waals surface area contributed by atoms with Crippen molar-refractivity contribution in [2.24, 2.45) is 4.99 Å². The molecule has 1 fully saturated rings. The zero-order chi connectivity index (χ0) is 19.9. The van der Waals surface area contributed by atoms with Gasteiger partial charge in [0.05, 0.1) is 18.8 Å². The number of hydrogen-bond acceptors (Lipinski definition) is 6. The minimum absolute atomic E-state index is 0. The lowest BCUT2D eigenvalue weighted by Crippen LogP contribution is -2.44. The summed E-state index contributed by atoms with van der Waals surface area (Å²) in [5, 5.41) is 6.55. The monoisotopic (exact) mass is 513 g/mol. The van der Waals surface area contributed by atoms with Gasteiger partial charge in [0, 0.05) is 38.9 Å². The van der Waals surface area contributed by atoms with Crippen molar-refractivity contribution >= 4 is 35.8 Å². The lowest BCUT2D eigenvalue weighted by Gasteiger charge is -2.33. The minimum atomic E-state index is 0. The zero-order valence-electron chi connectivity index (χ0n) is 17.7. The standard InChI is InChI=1S/C20H31N7O.HI/c1-5-21-20(24-14-19-25-15(2)16(3)28-19)23-13-17-6-7-22-18(12-17)27-10-8-26(4)9-11-27;/h6-7,12H,5,8-11,13-14H2,1-4H3,(H2,21,23,24);1H. The van der Waals surface area contributed by atoms with Crippen LogP contribution in [0.1, 0.15) is 29.8 Å². The highest BCUT2D eigenvalue weighted by atomic mass is 127. The minimum Gasteiger partial charge on any atom is -0.444 e. The van der Waals surface area contributed by atoms with Crippen LogP contribution in [0.5, 0.6) is 0 Å². The number of likely N-dealkylation sites (N-methyl/N-ethyl adjacent to an activating group) is 1. The third-order valence-corrected chi connectivity index (χ3v) is 4.88. The van der Waals surface area contributed by atoms with Crippen LogP contribution in [0.25, 0.3) is 0 Å². The maximum absolute atomic E-state index is 5.62. The number of halogens is 1. The van der Waals surface area contributed by atoms with Gasteiger partial charge in [0.2, 0.25) is 5.89 Å². The first-order valence-corrected chi connectivity index (χ1v) is 9.88. The largest absolute Gasteiger partial charge is 0.444 e. The molecule has 1 aliphatic rings. The van der Waals surface area contributed by atoms with Crippen LogP contribution < -0.4 is 15.5 Å². The van der Waals surface area contributed by atoms with E-state index in [0.29, 0.717) is 19.0 Å². The zero-order valence-corrected chi connectivity index (χ0v) is 20.1. The Bertz CT molecular complexity index is 780. The maximum Gasteiger partial charge on any atom is 0.214 e. The van der Waals surface area contributed by atoms with E-state index in [1.54, 1.807) is 0 Å². The topological polar surface area (TPSA) is 81.8 Å². The molecule has 3 heterocycles. The van der Waals surface area contributed by atoms with E-state index in [4.69, 9.17) is 9.41 Å². The van der Waals surface area contributed by atoms with Crippen molar-refractivity contribution in [1.29, 1.82) is 0 Å². The molecule has 0 saturated carbocycles. The number of nitrogens with zero attached hydrogens (tertiary/aromatic N) is 5. The Morgan fingerprint density at radius 3 is 2.62 bits per heavy atom. The quantitative estimate of drug-likeness (QED) is 0.349. The fourth-order valence-corrected chi connectivity index (χ4v) is 3.05. The lowest BCUT2D eigenvalue weighted by molar-refractivity contribution is 0.312. The molecule has 0 amide bonds. The number of aryl methyl sites for hydroxylation is 2. The predicted octanol–water partition coefficient (Wildman–Crippen LogP) is 2.31. The highest BCUT2D eigenvalue weighted by Gasteiger charge is 2.15. The Morgan fingerprint density at radius 2 is 1.97 bits per heavy atom. The Morgan fingerprint density at radius 1 is 1.21 bits per heavy atom. The molecule has 2 aromatic heterocycles. The molecule has 0 atom stereocenters. The van der Waals surface area contributed by atoms with Gasteiger partial charge in [-0.05, 0) is 45.5 Å². The predicted molar refractivity (Wildman–Crippen MR) is 127 cm³/mol. The molecule has 0 aliphatic carbocycles. The number of anilines is 1. The Balaban J connectivity index is 0.00000300. The van der Waals surface area contributed by atoms with Crippen LogP contribution in [0.3, 0.4) is 0 Å². The number of aliphatic imine (C=N–C) groups is 1. The van der Waals surface area contributed by atoms with Crippen molar-refractivity contribution in [3.63, 3.8) is 0 Å². The molecule has 29 heavy (non-hydrogen) atoms. The summed E-state index contributed by atoms with van der Waals surface area (Å²) >= 11 is 0. The number of hydrogen-bond donors (Lipinski definition) is 2. The number of oxazole rings is 1. The summed E-state index contributed by atoms with van der Waals surface area (Å²) in [5.41, 5.74) is 2.07. The maximum atomic E-state index is 5.62. The molecule has 8 nitrogen and oxygen atoms in total. The molecular weight excluding hydrogens is 481 g/mol. The summed E-state index contributed by atoms with van der Waals surface area (Å²) in [7, 11) is 2.16. The van der Waals surface area contributed by atoms with Gasteiger partial charge in [-0.3, -0.25) is 0 Å². The molecule has 1 aliphatic heterocycles. The molecular formula is C20H32IN7O. The first kappa shape index (κ1) is 23.4.